The van der Waals surface area contributed by atoms with E-state index in [1.807, 2.05) is 0 Å². The molecule has 0 fully saturated rings. The van der Waals surface area contributed by atoms with Crippen molar-refractivity contribution in [3.05, 3.63) is 24.3 Å². The second-order valence-electron chi connectivity index (χ2n) is 2.27. The SMILES string of the molecule is OBc1ccc(B(O)O)cc1. The van der Waals surface area contributed by atoms with Crippen molar-refractivity contribution in [2.75, 3.05) is 0 Å². The van der Waals surface area contributed by atoms with Crippen molar-refractivity contribution in [2.45, 2.75) is 0 Å². The molecular formula is C6H8B2O3. The average Bonchev–Trinajstić information content (AvgIpc) is 2.05. The highest BCUT2D eigenvalue weighted by atomic mass is 16.4. The van der Waals surface area contributed by atoms with Crippen LogP contribution in [0.3, 0.4) is 0 Å². The van der Waals surface area contributed by atoms with Crippen LogP contribution in [0.2, 0.25) is 0 Å². The van der Waals surface area contributed by atoms with Gasteiger partial charge in [-0.1, -0.05) is 29.7 Å². The van der Waals surface area contributed by atoms with Gasteiger partial charge in [0.05, 0.1) is 0 Å². The van der Waals surface area contributed by atoms with Gasteiger partial charge in [-0.25, -0.2) is 0 Å². The fourth-order valence-electron chi connectivity index (χ4n) is 0.795. The summed E-state index contributed by atoms with van der Waals surface area (Å²) in [4.78, 5) is 0. The van der Waals surface area contributed by atoms with Gasteiger partial charge >= 0.3 is 14.6 Å². The summed E-state index contributed by atoms with van der Waals surface area (Å²) in [6.45, 7) is 0. The molecule has 1 aromatic carbocycles. The van der Waals surface area contributed by atoms with Gasteiger partial charge in [0.2, 0.25) is 0 Å². The maximum absolute atomic E-state index is 8.68. The van der Waals surface area contributed by atoms with E-state index in [0.29, 0.717) is 5.46 Å². The lowest BCUT2D eigenvalue weighted by atomic mass is 9.77. The molecule has 3 N–H and O–H groups in total. The lowest BCUT2D eigenvalue weighted by molar-refractivity contribution is 0.426. The third-order valence-corrected chi connectivity index (χ3v) is 1.46. The molecule has 0 radical (unpaired) electrons. The monoisotopic (exact) mass is 150 g/mol. The Morgan fingerprint density at radius 1 is 1.09 bits per heavy atom. The molecule has 0 aliphatic rings. The topological polar surface area (TPSA) is 60.7 Å². The average molecular weight is 150 g/mol. The summed E-state index contributed by atoms with van der Waals surface area (Å²) < 4.78 is 0. The quantitative estimate of drug-likeness (QED) is 0.403. The van der Waals surface area contributed by atoms with Gasteiger partial charge in [-0.2, -0.15) is 0 Å². The van der Waals surface area contributed by atoms with E-state index in [-0.39, 0.29) is 7.48 Å². The first-order chi connectivity index (χ1) is 5.24. The number of hydrogen-bond donors (Lipinski definition) is 3. The van der Waals surface area contributed by atoms with Gasteiger partial charge in [-0.3, -0.25) is 0 Å². The van der Waals surface area contributed by atoms with Crippen LogP contribution in [0.15, 0.2) is 24.3 Å². The maximum Gasteiger partial charge on any atom is 0.488 e. The van der Waals surface area contributed by atoms with Crippen molar-refractivity contribution >= 4 is 25.5 Å². The van der Waals surface area contributed by atoms with Crippen molar-refractivity contribution in [1.29, 1.82) is 0 Å². The molecule has 0 aromatic heterocycles. The Bertz CT molecular complexity index is 222. The van der Waals surface area contributed by atoms with E-state index in [9.17, 15) is 0 Å². The molecule has 5 heteroatoms. The van der Waals surface area contributed by atoms with Crippen molar-refractivity contribution in [3.8, 4) is 0 Å². The molecule has 0 saturated heterocycles. The zero-order chi connectivity index (χ0) is 8.27. The highest BCUT2D eigenvalue weighted by Crippen LogP contribution is 1.80. The van der Waals surface area contributed by atoms with E-state index in [4.69, 9.17) is 15.1 Å². The molecule has 3 nitrogen and oxygen atoms in total. The summed E-state index contributed by atoms with van der Waals surface area (Å²) in [5.41, 5.74) is 1.19. The molecule has 11 heavy (non-hydrogen) atoms. The Balaban J connectivity index is 2.83. The lowest BCUT2D eigenvalue weighted by Crippen LogP contribution is -2.31. The molecule has 0 aliphatic heterocycles. The minimum atomic E-state index is -1.43. The summed E-state index contributed by atoms with van der Waals surface area (Å²) in [5.74, 6) is 0. The standard InChI is InChI=1S/C6H8B2O3/c9-7-5-1-3-6(4-2-5)8(10)11/h1-4,7,9-11H. The minimum Gasteiger partial charge on any atom is -0.449 e. The van der Waals surface area contributed by atoms with E-state index in [1.165, 1.54) is 0 Å². The molecule has 0 saturated carbocycles. The van der Waals surface area contributed by atoms with Crippen LogP contribution in [-0.2, 0) is 0 Å². The predicted molar refractivity (Wildman–Crippen MR) is 45.3 cm³/mol. The number of hydrogen-bond acceptors (Lipinski definition) is 3. The normalized spacial score (nSPS) is 9.36. The molecule has 0 atom stereocenters. The summed E-state index contributed by atoms with van der Waals surface area (Å²) in [7, 11) is -1.45. The van der Waals surface area contributed by atoms with Crippen molar-refractivity contribution in [1.82, 2.24) is 0 Å². The Morgan fingerprint density at radius 3 is 2.00 bits per heavy atom. The van der Waals surface area contributed by atoms with Crippen LogP contribution >= 0.6 is 0 Å². The second-order valence-corrected chi connectivity index (χ2v) is 2.27. The van der Waals surface area contributed by atoms with E-state index < -0.39 is 7.12 Å². The first-order valence-corrected chi connectivity index (χ1v) is 3.30. The Hall–Kier alpha value is -0.770. The van der Waals surface area contributed by atoms with Crippen LogP contribution in [0.5, 0.6) is 0 Å². The van der Waals surface area contributed by atoms with Crippen LogP contribution < -0.4 is 10.9 Å². The van der Waals surface area contributed by atoms with Gasteiger partial charge in [-0.05, 0) is 5.46 Å². The van der Waals surface area contributed by atoms with Crippen molar-refractivity contribution in [3.63, 3.8) is 0 Å². The van der Waals surface area contributed by atoms with Crippen LogP contribution in [0.4, 0.5) is 0 Å². The molecular weight excluding hydrogens is 142 g/mol. The molecule has 1 aromatic rings. The van der Waals surface area contributed by atoms with Gasteiger partial charge in [0, 0.05) is 0 Å². The molecule has 0 aliphatic carbocycles. The van der Waals surface area contributed by atoms with E-state index >= 15 is 0 Å². The fourth-order valence-corrected chi connectivity index (χ4v) is 0.795. The van der Waals surface area contributed by atoms with E-state index in [0.717, 1.165) is 5.46 Å². The molecule has 0 spiro atoms. The van der Waals surface area contributed by atoms with Gasteiger partial charge in [0.15, 0.2) is 0 Å². The minimum absolute atomic E-state index is 0.0260. The Kier molecular flexibility index (Phi) is 2.70. The molecule has 0 unspecified atom stereocenters. The zero-order valence-corrected chi connectivity index (χ0v) is 5.94. The Labute approximate surface area is 65.7 Å². The first kappa shape index (κ1) is 8.33. The number of benzene rings is 1. The molecule has 0 heterocycles. The van der Waals surface area contributed by atoms with Crippen LogP contribution in [-0.4, -0.2) is 29.7 Å². The third-order valence-electron chi connectivity index (χ3n) is 1.46. The first-order valence-electron chi connectivity index (χ1n) is 3.30. The highest BCUT2D eigenvalue weighted by Gasteiger charge is 2.09. The summed E-state index contributed by atoms with van der Waals surface area (Å²) >= 11 is 0. The van der Waals surface area contributed by atoms with Crippen LogP contribution in [0, 0.1) is 0 Å². The maximum atomic E-state index is 8.68. The smallest absolute Gasteiger partial charge is 0.449 e. The fraction of sp³-hybridized carbons (Fsp3) is 0. The predicted octanol–water partition coefficient (Wildman–Crippen LogP) is -2.66. The van der Waals surface area contributed by atoms with E-state index in [2.05, 4.69) is 0 Å². The lowest BCUT2D eigenvalue weighted by Gasteiger charge is -1.98. The molecule has 0 amide bonds. The summed E-state index contributed by atoms with van der Waals surface area (Å²) in [5, 5.41) is 26.0. The molecule has 56 valence electrons. The molecule has 1 rings (SSSR count). The third kappa shape index (κ3) is 2.08. The summed E-state index contributed by atoms with van der Waals surface area (Å²) in [6, 6.07) is 6.43. The summed E-state index contributed by atoms with van der Waals surface area (Å²) in [6.07, 6.45) is 0. The highest BCUT2D eigenvalue weighted by molar-refractivity contribution is 6.58. The van der Waals surface area contributed by atoms with Crippen LogP contribution in [0.25, 0.3) is 0 Å². The van der Waals surface area contributed by atoms with Crippen molar-refractivity contribution < 1.29 is 15.1 Å². The largest absolute Gasteiger partial charge is 0.488 e. The second kappa shape index (κ2) is 3.57. The molecule has 0 bridgehead atoms. The Morgan fingerprint density at radius 2 is 1.64 bits per heavy atom. The van der Waals surface area contributed by atoms with Gasteiger partial charge in [0.1, 0.15) is 0 Å². The van der Waals surface area contributed by atoms with Crippen molar-refractivity contribution in [2.24, 2.45) is 0 Å². The van der Waals surface area contributed by atoms with E-state index in [1.54, 1.807) is 24.3 Å². The van der Waals surface area contributed by atoms with Crippen LogP contribution in [0.1, 0.15) is 0 Å². The van der Waals surface area contributed by atoms with Gasteiger partial charge in [-0.15, -0.1) is 0 Å². The van der Waals surface area contributed by atoms with Gasteiger partial charge in [0.25, 0.3) is 0 Å². The zero-order valence-electron chi connectivity index (χ0n) is 5.94. The number of rotatable bonds is 2. The van der Waals surface area contributed by atoms with Gasteiger partial charge < -0.3 is 15.1 Å².